The minimum Gasteiger partial charge on any atom is -0.353 e. The minimum absolute atomic E-state index is 0.635. The Kier molecular flexibility index (Phi) is 5.32. The molecule has 7 heteroatoms. The Morgan fingerprint density at radius 3 is 2.39 bits per heavy atom. The van der Waals surface area contributed by atoms with Crippen molar-refractivity contribution in [3.05, 3.63) is 60.0 Å². The summed E-state index contributed by atoms with van der Waals surface area (Å²) >= 11 is 0. The average molecular weight is 375 g/mol. The normalized spacial score (nSPS) is 14.2. The molecule has 1 saturated heterocycles. The van der Waals surface area contributed by atoms with Crippen molar-refractivity contribution >= 4 is 23.4 Å². The number of rotatable bonds is 5. The Morgan fingerprint density at radius 1 is 0.893 bits per heavy atom. The third-order valence-corrected chi connectivity index (χ3v) is 5.06. The van der Waals surface area contributed by atoms with Gasteiger partial charge in [0.15, 0.2) is 0 Å². The molecule has 0 radical (unpaired) electrons. The third kappa shape index (κ3) is 3.88. The predicted octanol–water partition coefficient (Wildman–Crippen LogP) is 3.21. The smallest absolute Gasteiger partial charge is 0.229 e. The molecule has 0 saturated carbocycles. The standard InChI is InChI=1S/C21H25N7/c1-3-17-7-4-6-16(2)19(17)26-20-22-11-8-18(25-20)27-12-14-28(15-13-27)21-23-9-5-10-24-21/h4-11H,3,12-15H2,1-2H3,(H,22,25,26). The second kappa shape index (κ2) is 8.21. The number of hydrogen-bond acceptors (Lipinski definition) is 7. The monoisotopic (exact) mass is 375 g/mol. The summed E-state index contributed by atoms with van der Waals surface area (Å²) in [4.78, 5) is 22.4. The fourth-order valence-electron chi connectivity index (χ4n) is 3.49. The van der Waals surface area contributed by atoms with Crippen molar-refractivity contribution in [3.8, 4) is 0 Å². The molecule has 1 aliphatic rings. The molecule has 0 aliphatic carbocycles. The first-order valence-electron chi connectivity index (χ1n) is 9.70. The van der Waals surface area contributed by atoms with E-state index in [1.807, 2.05) is 18.3 Å². The van der Waals surface area contributed by atoms with E-state index in [1.54, 1.807) is 12.4 Å². The molecule has 0 spiro atoms. The van der Waals surface area contributed by atoms with Gasteiger partial charge in [-0.05, 0) is 36.6 Å². The van der Waals surface area contributed by atoms with Gasteiger partial charge in [-0.15, -0.1) is 0 Å². The molecule has 28 heavy (non-hydrogen) atoms. The zero-order chi connectivity index (χ0) is 19.3. The Hall–Kier alpha value is -3.22. The lowest BCUT2D eigenvalue weighted by Gasteiger charge is -2.35. The Bertz CT molecular complexity index is 921. The SMILES string of the molecule is CCc1cccc(C)c1Nc1nccc(N2CCN(c3ncccn3)CC2)n1. The summed E-state index contributed by atoms with van der Waals surface area (Å²) in [6.07, 6.45) is 6.36. The zero-order valence-corrected chi connectivity index (χ0v) is 16.3. The Morgan fingerprint density at radius 2 is 1.64 bits per heavy atom. The molecule has 1 aliphatic heterocycles. The maximum absolute atomic E-state index is 4.76. The van der Waals surface area contributed by atoms with Crippen LogP contribution in [0.5, 0.6) is 0 Å². The van der Waals surface area contributed by atoms with Crippen molar-refractivity contribution < 1.29 is 0 Å². The summed E-state index contributed by atoms with van der Waals surface area (Å²) in [6, 6.07) is 10.2. The van der Waals surface area contributed by atoms with Crippen LogP contribution in [0.3, 0.4) is 0 Å². The molecular formula is C21H25N7. The van der Waals surface area contributed by atoms with E-state index in [-0.39, 0.29) is 0 Å². The maximum atomic E-state index is 4.76. The van der Waals surface area contributed by atoms with Crippen molar-refractivity contribution in [1.29, 1.82) is 0 Å². The van der Waals surface area contributed by atoms with E-state index in [4.69, 9.17) is 4.98 Å². The molecule has 2 aromatic heterocycles. The van der Waals surface area contributed by atoms with Crippen LogP contribution in [0, 0.1) is 6.92 Å². The van der Waals surface area contributed by atoms with Crippen LogP contribution in [0.1, 0.15) is 18.1 Å². The molecule has 7 nitrogen and oxygen atoms in total. The molecule has 0 bridgehead atoms. The molecule has 3 heterocycles. The molecule has 1 aromatic carbocycles. The largest absolute Gasteiger partial charge is 0.353 e. The first-order chi connectivity index (χ1) is 13.7. The topological polar surface area (TPSA) is 70.1 Å². The maximum Gasteiger partial charge on any atom is 0.229 e. The Labute approximate surface area is 165 Å². The second-order valence-corrected chi connectivity index (χ2v) is 6.85. The van der Waals surface area contributed by atoms with Crippen LogP contribution in [0.25, 0.3) is 0 Å². The highest BCUT2D eigenvalue weighted by Gasteiger charge is 2.20. The highest BCUT2D eigenvalue weighted by atomic mass is 15.3. The Balaban J connectivity index is 1.46. The van der Waals surface area contributed by atoms with Gasteiger partial charge in [-0.2, -0.15) is 4.98 Å². The number of benzene rings is 1. The van der Waals surface area contributed by atoms with Gasteiger partial charge in [0, 0.05) is 50.5 Å². The number of anilines is 4. The van der Waals surface area contributed by atoms with E-state index in [0.717, 1.165) is 50.1 Å². The zero-order valence-electron chi connectivity index (χ0n) is 16.3. The van der Waals surface area contributed by atoms with Gasteiger partial charge in [0.05, 0.1) is 0 Å². The molecule has 0 unspecified atom stereocenters. The van der Waals surface area contributed by atoms with Crippen LogP contribution in [0.4, 0.5) is 23.4 Å². The number of para-hydroxylation sites is 1. The third-order valence-electron chi connectivity index (χ3n) is 5.06. The number of aromatic nitrogens is 4. The highest BCUT2D eigenvalue weighted by Crippen LogP contribution is 2.25. The van der Waals surface area contributed by atoms with Crippen LogP contribution in [0.15, 0.2) is 48.9 Å². The second-order valence-electron chi connectivity index (χ2n) is 6.85. The van der Waals surface area contributed by atoms with Gasteiger partial charge >= 0.3 is 0 Å². The lowest BCUT2D eigenvalue weighted by Crippen LogP contribution is -2.47. The molecule has 3 aromatic rings. The minimum atomic E-state index is 0.635. The molecule has 0 atom stereocenters. The van der Waals surface area contributed by atoms with E-state index in [2.05, 4.69) is 62.1 Å². The van der Waals surface area contributed by atoms with Gasteiger partial charge < -0.3 is 15.1 Å². The van der Waals surface area contributed by atoms with Gasteiger partial charge in [0.2, 0.25) is 11.9 Å². The summed E-state index contributed by atoms with van der Waals surface area (Å²) in [6.45, 7) is 7.76. The molecule has 144 valence electrons. The van der Waals surface area contributed by atoms with Crippen LogP contribution in [-0.2, 0) is 6.42 Å². The first-order valence-corrected chi connectivity index (χ1v) is 9.70. The summed E-state index contributed by atoms with van der Waals surface area (Å²) in [5.41, 5.74) is 3.57. The van der Waals surface area contributed by atoms with Crippen LogP contribution < -0.4 is 15.1 Å². The van der Waals surface area contributed by atoms with Gasteiger partial charge in [0.1, 0.15) is 5.82 Å². The summed E-state index contributed by atoms with van der Waals surface area (Å²) in [5, 5.41) is 3.43. The fourth-order valence-corrected chi connectivity index (χ4v) is 3.49. The molecule has 1 N–H and O–H groups in total. The number of aryl methyl sites for hydroxylation is 2. The van der Waals surface area contributed by atoms with E-state index in [0.29, 0.717) is 5.95 Å². The predicted molar refractivity (Wildman–Crippen MR) is 112 cm³/mol. The van der Waals surface area contributed by atoms with Crippen molar-refractivity contribution in [2.24, 2.45) is 0 Å². The summed E-state index contributed by atoms with van der Waals surface area (Å²) in [7, 11) is 0. The van der Waals surface area contributed by atoms with Gasteiger partial charge in [-0.25, -0.2) is 15.0 Å². The van der Waals surface area contributed by atoms with Crippen molar-refractivity contribution in [2.45, 2.75) is 20.3 Å². The van der Waals surface area contributed by atoms with Gasteiger partial charge in [-0.1, -0.05) is 25.1 Å². The van der Waals surface area contributed by atoms with Crippen LogP contribution in [-0.4, -0.2) is 46.1 Å². The van der Waals surface area contributed by atoms with E-state index < -0.39 is 0 Å². The molecule has 0 amide bonds. The van der Waals surface area contributed by atoms with E-state index >= 15 is 0 Å². The van der Waals surface area contributed by atoms with Gasteiger partial charge in [0.25, 0.3) is 0 Å². The number of piperazine rings is 1. The number of hydrogen-bond donors (Lipinski definition) is 1. The average Bonchev–Trinajstić information content (AvgIpc) is 2.76. The lowest BCUT2D eigenvalue weighted by molar-refractivity contribution is 0.634. The summed E-state index contributed by atoms with van der Waals surface area (Å²) in [5.74, 6) is 2.37. The van der Waals surface area contributed by atoms with Crippen LogP contribution >= 0.6 is 0 Å². The quantitative estimate of drug-likeness (QED) is 0.734. The van der Waals surface area contributed by atoms with Crippen molar-refractivity contribution in [1.82, 2.24) is 19.9 Å². The molecular weight excluding hydrogens is 350 g/mol. The van der Waals surface area contributed by atoms with Crippen LogP contribution in [0.2, 0.25) is 0 Å². The highest BCUT2D eigenvalue weighted by molar-refractivity contribution is 5.64. The molecule has 1 fully saturated rings. The van der Waals surface area contributed by atoms with Crippen molar-refractivity contribution in [2.75, 3.05) is 41.3 Å². The number of nitrogens with zero attached hydrogens (tertiary/aromatic N) is 6. The van der Waals surface area contributed by atoms with Crippen molar-refractivity contribution in [3.63, 3.8) is 0 Å². The number of nitrogens with one attached hydrogen (secondary N) is 1. The molecule has 4 rings (SSSR count). The van der Waals surface area contributed by atoms with Gasteiger partial charge in [-0.3, -0.25) is 0 Å². The van der Waals surface area contributed by atoms with E-state index in [1.165, 1.54) is 11.1 Å². The lowest BCUT2D eigenvalue weighted by atomic mass is 10.1. The fraction of sp³-hybridized carbons (Fsp3) is 0.333. The summed E-state index contributed by atoms with van der Waals surface area (Å²) < 4.78 is 0. The van der Waals surface area contributed by atoms with E-state index in [9.17, 15) is 0 Å². The first kappa shape index (κ1) is 18.2.